The van der Waals surface area contributed by atoms with Crippen molar-refractivity contribution in [1.29, 1.82) is 0 Å². The van der Waals surface area contributed by atoms with E-state index in [1.807, 2.05) is 6.92 Å². The van der Waals surface area contributed by atoms with Gasteiger partial charge in [0, 0.05) is 12.6 Å². The lowest BCUT2D eigenvalue weighted by Gasteiger charge is -2.23. The zero-order valence-corrected chi connectivity index (χ0v) is 9.76. The van der Waals surface area contributed by atoms with Gasteiger partial charge in [-0.15, -0.1) is 0 Å². The lowest BCUT2D eigenvalue weighted by molar-refractivity contribution is -0.192. The molecule has 100 valence electrons. The molecule has 0 aromatic carbocycles. The van der Waals surface area contributed by atoms with Crippen LogP contribution < -0.4 is 5.32 Å². The minimum atomic E-state index is -4.69. The second-order valence-corrected chi connectivity index (χ2v) is 4.67. The molecule has 0 heterocycles. The van der Waals surface area contributed by atoms with Crippen LogP contribution in [0.5, 0.6) is 0 Å². The van der Waals surface area contributed by atoms with Gasteiger partial charge < -0.3 is 10.4 Å². The molecule has 0 aromatic heterocycles. The van der Waals surface area contributed by atoms with Gasteiger partial charge in [0.2, 0.25) is 0 Å². The van der Waals surface area contributed by atoms with E-state index in [1.165, 1.54) is 0 Å². The fraction of sp³-hybridized carbons (Fsp3) is 0.909. The monoisotopic (exact) mass is 253 g/mol. The molecule has 1 aliphatic rings. The zero-order valence-electron chi connectivity index (χ0n) is 9.76. The molecule has 1 rings (SSSR count). The predicted octanol–water partition coefficient (Wildman–Crippen LogP) is 2.42. The summed E-state index contributed by atoms with van der Waals surface area (Å²) in [7, 11) is 0. The van der Waals surface area contributed by atoms with Gasteiger partial charge in [-0.2, -0.15) is 13.2 Å². The first-order valence-electron chi connectivity index (χ1n) is 5.85. The summed E-state index contributed by atoms with van der Waals surface area (Å²) in [4.78, 5) is 10.5. The highest BCUT2D eigenvalue weighted by atomic mass is 19.4. The molecule has 0 radical (unpaired) electrons. The van der Waals surface area contributed by atoms with E-state index in [4.69, 9.17) is 5.11 Å². The molecule has 3 nitrogen and oxygen atoms in total. The Morgan fingerprint density at radius 2 is 1.94 bits per heavy atom. The van der Waals surface area contributed by atoms with Crippen molar-refractivity contribution in [2.45, 2.75) is 44.8 Å². The molecule has 1 aliphatic carbocycles. The third kappa shape index (κ3) is 4.18. The SMILES string of the molecule is C[C@@H](NCC(C(=O)O)C(F)(F)F)C1CCCC1. The summed E-state index contributed by atoms with van der Waals surface area (Å²) in [5.74, 6) is -3.76. The number of halogens is 3. The Hall–Kier alpha value is -0.780. The smallest absolute Gasteiger partial charge is 0.403 e. The van der Waals surface area contributed by atoms with Gasteiger partial charge in [0.1, 0.15) is 0 Å². The normalized spacial score (nSPS) is 21.4. The summed E-state index contributed by atoms with van der Waals surface area (Å²) in [6.07, 6.45) is -0.444. The van der Waals surface area contributed by atoms with E-state index in [-0.39, 0.29) is 6.04 Å². The van der Waals surface area contributed by atoms with E-state index < -0.39 is 24.6 Å². The van der Waals surface area contributed by atoms with Gasteiger partial charge in [-0.3, -0.25) is 4.79 Å². The van der Waals surface area contributed by atoms with E-state index in [0.29, 0.717) is 5.92 Å². The van der Waals surface area contributed by atoms with Crippen LogP contribution in [0, 0.1) is 11.8 Å². The third-order valence-corrected chi connectivity index (χ3v) is 3.44. The fourth-order valence-corrected chi connectivity index (χ4v) is 2.27. The van der Waals surface area contributed by atoms with E-state index in [0.717, 1.165) is 25.7 Å². The fourth-order valence-electron chi connectivity index (χ4n) is 2.27. The standard InChI is InChI=1S/C11H18F3NO2/c1-7(8-4-2-3-5-8)15-6-9(10(16)17)11(12,13)14/h7-9,15H,2-6H2,1H3,(H,16,17)/t7-,9?/m1/s1. The van der Waals surface area contributed by atoms with Crippen molar-refractivity contribution in [1.82, 2.24) is 5.32 Å². The van der Waals surface area contributed by atoms with Gasteiger partial charge in [-0.25, -0.2) is 0 Å². The second kappa shape index (κ2) is 5.71. The number of carboxylic acids is 1. The van der Waals surface area contributed by atoms with Crippen molar-refractivity contribution in [2.75, 3.05) is 6.54 Å². The summed E-state index contributed by atoms with van der Waals surface area (Å²) in [5, 5.41) is 11.2. The highest BCUT2D eigenvalue weighted by molar-refractivity contribution is 5.71. The van der Waals surface area contributed by atoms with Gasteiger partial charge in [0.15, 0.2) is 5.92 Å². The minimum Gasteiger partial charge on any atom is -0.481 e. The summed E-state index contributed by atoms with van der Waals surface area (Å²) in [6, 6.07) is -0.0540. The highest BCUT2D eigenvalue weighted by Gasteiger charge is 2.45. The zero-order chi connectivity index (χ0) is 13.1. The Balaban J connectivity index is 2.43. The van der Waals surface area contributed by atoms with Gasteiger partial charge in [-0.05, 0) is 25.7 Å². The van der Waals surface area contributed by atoms with E-state index in [1.54, 1.807) is 0 Å². The number of carbonyl (C=O) groups is 1. The number of carboxylic acid groups (broad SMARTS) is 1. The first kappa shape index (κ1) is 14.3. The molecule has 1 unspecified atom stereocenters. The maximum atomic E-state index is 12.4. The van der Waals surface area contributed by atoms with Crippen LogP contribution in [0.3, 0.4) is 0 Å². The van der Waals surface area contributed by atoms with Crippen molar-refractivity contribution < 1.29 is 23.1 Å². The molecule has 0 spiro atoms. The Labute approximate surface area is 98.4 Å². The summed E-state index contributed by atoms with van der Waals surface area (Å²) < 4.78 is 37.1. The summed E-state index contributed by atoms with van der Waals surface area (Å²) >= 11 is 0. The number of hydrogen-bond donors (Lipinski definition) is 2. The maximum Gasteiger partial charge on any atom is 0.403 e. The van der Waals surface area contributed by atoms with Crippen LogP contribution in [-0.4, -0.2) is 29.8 Å². The van der Waals surface area contributed by atoms with Crippen molar-refractivity contribution >= 4 is 5.97 Å². The Kier molecular flexibility index (Phi) is 4.80. The molecular weight excluding hydrogens is 235 g/mol. The second-order valence-electron chi connectivity index (χ2n) is 4.67. The number of nitrogens with one attached hydrogen (secondary N) is 1. The van der Waals surface area contributed by atoms with E-state index in [2.05, 4.69) is 5.32 Å². The molecule has 1 fully saturated rings. The molecule has 0 saturated heterocycles. The molecule has 6 heteroatoms. The maximum absolute atomic E-state index is 12.4. The lowest BCUT2D eigenvalue weighted by atomic mass is 9.99. The van der Waals surface area contributed by atoms with Crippen LogP contribution in [-0.2, 0) is 4.79 Å². The van der Waals surface area contributed by atoms with E-state index in [9.17, 15) is 18.0 Å². The van der Waals surface area contributed by atoms with E-state index >= 15 is 0 Å². The molecule has 1 saturated carbocycles. The molecule has 0 aliphatic heterocycles. The van der Waals surface area contributed by atoms with Crippen molar-refractivity contribution in [3.8, 4) is 0 Å². The Morgan fingerprint density at radius 1 is 1.41 bits per heavy atom. The Bertz CT molecular complexity index is 262. The van der Waals surface area contributed by atoms with Crippen LogP contribution in [0.1, 0.15) is 32.6 Å². The molecule has 0 aromatic rings. The molecule has 0 bridgehead atoms. The van der Waals surface area contributed by atoms with Crippen LogP contribution in [0.15, 0.2) is 0 Å². The third-order valence-electron chi connectivity index (χ3n) is 3.44. The van der Waals surface area contributed by atoms with Gasteiger partial charge >= 0.3 is 12.1 Å². The minimum absolute atomic E-state index is 0.0540. The Morgan fingerprint density at radius 3 is 2.35 bits per heavy atom. The number of hydrogen-bond acceptors (Lipinski definition) is 2. The number of aliphatic carboxylic acids is 1. The average Bonchev–Trinajstić information content (AvgIpc) is 2.67. The predicted molar refractivity (Wildman–Crippen MR) is 56.6 cm³/mol. The highest BCUT2D eigenvalue weighted by Crippen LogP contribution is 2.29. The number of alkyl halides is 3. The molecular formula is C11H18F3NO2. The van der Waals surface area contributed by atoms with Crippen LogP contribution in [0.2, 0.25) is 0 Å². The van der Waals surface area contributed by atoms with Crippen molar-refractivity contribution in [3.05, 3.63) is 0 Å². The summed E-state index contributed by atoms with van der Waals surface area (Å²) in [5.41, 5.74) is 0. The van der Waals surface area contributed by atoms with Crippen LogP contribution in [0.25, 0.3) is 0 Å². The topological polar surface area (TPSA) is 49.3 Å². The van der Waals surface area contributed by atoms with Crippen molar-refractivity contribution in [2.24, 2.45) is 11.8 Å². The molecule has 2 N–H and O–H groups in total. The quantitative estimate of drug-likeness (QED) is 0.791. The average molecular weight is 253 g/mol. The molecule has 2 atom stereocenters. The lowest BCUT2D eigenvalue weighted by Crippen LogP contribution is -2.43. The number of rotatable bonds is 5. The first-order valence-corrected chi connectivity index (χ1v) is 5.85. The van der Waals surface area contributed by atoms with Gasteiger partial charge in [0.25, 0.3) is 0 Å². The first-order chi connectivity index (χ1) is 7.82. The van der Waals surface area contributed by atoms with Crippen LogP contribution in [0.4, 0.5) is 13.2 Å². The van der Waals surface area contributed by atoms with Crippen molar-refractivity contribution in [3.63, 3.8) is 0 Å². The summed E-state index contributed by atoms with van der Waals surface area (Å²) in [6.45, 7) is 1.28. The molecule has 17 heavy (non-hydrogen) atoms. The largest absolute Gasteiger partial charge is 0.481 e. The van der Waals surface area contributed by atoms with Gasteiger partial charge in [0.05, 0.1) is 0 Å². The van der Waals surface area contributed by atoms with Crippen LogP contribution >= 0.6 is 0 Å². The molecule has 0 amide bonds. The van der Waals surface area contributed by atoms with Gasteiger partial charge in [-0.1, -0.05) is 12.8 Å².